The summed E-state index contributed by atoms with van der Waals surface area (Å²) in [5.74, 6) is 0.211. The number of para-hydroxylation sites is 1. The van der Waals surface area contributed by atoms with Gasteiger partial charge in [-0.05, 0) is 49.6 Å². The summed E-state index contributed by atoms with van der Waals surface area (Å²) in [6.45, 7) is 2.67. The number of hydrogen-bond acceptors (Lipinski definition) is 5. The van der Waals surface area contributed by atoms with E-state index in [-0.39, 0.29) is 21.2 Å². The van der Waals surface area contributed by atoms with Crippen molar-refractivity contribution in [1.29, 1.82) is 0 Å². The van der Waals surface area contributed by atoms with E-state index in [1.54, 1.807) is 37.3 Å². The highest BCUT2D eigenvalue weighted by Crippen LogP contribution is 2.29. The average molecular weight is 425 g/mol. The van der Waals surface area contributed by atoms with Gasteiger partial charge in [0.2, 0.25) is 10.0 Å². The Balaban J connectivity index is 1.95. The first-order chi connectivity index (χ1) is 13.3. The van der Waals surface area contributed by atoms with Gasteiger partial charge >= 0.3 is 0 Å². The zero-order valence-corrected chi connectivity index (χ0v) is 17.5. The number of nitrogens with zero attached hydrogens (tertiary/aromatic N) is 1. The Labute approximate surface area is 166 Å². The Morgan fingerprint density at radius 3 is 2.29 bits per heavy atom. The SMILES string of the molecule is COc1ccccc1S(=O)(=O)Nc1ccc(C)c(S(=O)(=O)N2CCCCC2)c1. The zero-order chi connectivity index (χ0) is 20.4. The lowest BCUT2D eigenvalue weighted by Crippen LogP contribution is -2.36. The molecule has 9 heteroatoms. The van der Waals surface area contributed by atoms with Gasteiger partial charge in [0.1, 0.15) is 10.6 Å². The molecular weight excluding hydrogens is 400 g/mol. The van der Waals surface area contributed by atoms with Gasteiger partial charge in [0.15, 0.2) is 0 Å². The van der Waals surface area contributed by atoms with Crippen molar-refractivity contribution in [2.45, 2.75) is 36.0 Å². The van der Waals surface area contributed by atoms with Gasteiger partial charge in [0.05, 0.1) is 17.7 Å². The maximum Gasteiger partial charge on any atom is 0.265 e. The molecule has 7 nitrogen and oxygen atoms in total. The molecule has 2 aromatic carbocycles. The maximum atomic E-state index is 13.0. The van der Waals surface area contributed by atoms with Crippen LogP contribution in [0.4, 0.5) is 5.69 Å². The summed E-state index contributed by atoms with van der Waals surface area (Å²) in [7, 11) is -6.22. The van der Waals surface area contributed by atoms with Crippen molar-refractivity contribution in [3.63, 3.8) is 0 Å². The molecule has 1 heterocycles. The first kappa shape index (κ1) is 20.6. The fourth-order valence-corrected chi connectivity index (χ4v) is 6.23. The highest BCUT2D eigenvalue weighted by atomic mass is 32.2. The van der Waals surface area contributed by atoms with Crippen LogP contribution in [-0.4, -0.2) is 41.3 Å². The Kier molecular flexibility index (Phi) is 5.97. The monoisotopic (exact) mass is 424 g/mol. The number of nitrogens with one attached hydrogen (secondary N) is 1. The van der Waals surface area contributed by atoms with Crippen LogP contribution in [0, 0.1) is 6.92 Å². The van der Waals surface area contributed by atoms with Crippen molar-refractivity contribution in [2.75, 3.05) is 24.9 Å². The van der Waals surface area contributed by atoms with Crippen molar-refractivity contribution in [3.8, 4) is 5.75 Å². The lowest BCUT2D eigenvalue weighted by molar-refractivity contribution is 0.346. The summed E-state index contributed by atoms with van der Waals surface area (Å²) in [5, 5.41) is 0. The molecule has 0 amide bonds. The number of ether oxygens (including phenoxy) is 1. The van der Waals surface area contributed by atoms with E-state index in [4.69, 9.17) is 4.74 Å². The smallest absolute Gasteiger partial charge is 0.265 e. The molecule has 3 rings (SSSR count). The lowest BCUT2D eigenvalue weighted by Gasteiger charge is -2.26. The van der Waals surface area contributed by atoms with Crippen molar-refractivity contribution in [3.05, 3.63) is 48.0 Å². The molecular formula is C19H24N2O5S2. The quantitative estimate of drug-likeness (QED) is 0.770. The Hall–Kier alpha value is -2.10. The molecule has 2 aromatic rings. The van der Waals surface area contributed by atoms with Crippen molar-refractivity contribution < 1.29 is 21.6 Å². The van der Waals surface area contributed by atoms with Gasteiger partial charge in [0.25, 0.3) is 10.0 Å². The Bertz CT molecular complexity index is 1060. The van der Waals surface area contributed by atoms with Gasteiger partial charge in [-0.15, -0.1) is 0 Å². The number of piperidine rings is 1. The van der Waals surface area contributed by atoms with Crippen LogP contribution in [0.15, 0.2) is 52.3 Å². The van der Waals surface area contributed by atoms with Crippen LogP contribution < -0.4 is 9.46 Å². The number of hydrogen-bond donors (Lipinski definition) is 1. The molecule has 152 valence electrons. The maximum absolute atomic E-state index is 13.0. The number of rotatable bonds is 6. The highest BCUT2D eigenvalue weighted by molar-refractivity contribution is 7.92. The number of benzene rings is 2. The van der Waals surface area contributed by atoms with Crippen molar-refractivity contribution in [2.24, 2.45) is 0 Å². The van der Waals surface area contributed by atoms with Gasteiger partial charge in [-0.3, -0.25) is 4.72 Å². The van der Waals surface area contributed by atoms with E-state index in [0.29, 0.717) is 18.7 Å². The summed E-state index contributed by atoms with van der Waals surface area (Å²) in [5.41, 5.74) is 0.762. The molecule has 0 bridgehead atoms. The molecule has 1 aliphatic heterocycles. The molecule has 1 fully saturated rings. The average Bonchev–Trinajstić information content (AvgIpc) is 2.69. The second-order valence-corrected chi connectivity index (χ2v) is 10.3. The second kappa shape index (κ2) is 8.10. The summed E-state index contributed by atoms with van der Waals surface area (Å²) >= 11 is 0. The molecule has 0 aromatic heterocycles. The van der Waals surface area contributed by atoms with Gasteiger partial charge in [-0.25, -0.2) is 16.8 Å². The van der Waals surface area contributed by atoms with E-state index in [0.717, 1.165) is 19.3 Å². The van der Waals surface area contributed by atoms with Crippen LogP contribution >= 0.6 is 0 Å². The van der Waals surface area contributed by atoms with Crippen molar-refractivity contribution >= 4 is 25.7 Å². The Morgan fingerprint density at radius 1 is 0.929 bits per heavy atom. The number of sulfonamides is 2. The number of methoxy groups -OCH3 is 1. The molecule has 0 saturated carbocycles. The fraction of sp³-hybridized carbons (Fsp3) is 0.368. The van der Waals surface area contributed by atoms with E-state index in [1.807, 2.05) is 0 Å². The third kappa shape index (κ3) is 4.16. The predicted octanol–water partition coefficient (Wildman–Crippen LogP) is 2.98. The van der Waals surface area contributed by atoms with E-state index in [1.165, 1.54) is 23.5 Å². The predicted molar refractivity (Wildman–Crippen MR) is 108 cm³/mol. The summed E-state index contributed by atoms with van der Waals surface area (Å²) < 4.78 is 60.7. The second-order valence-electron chi connectivity index (χ2n) is 6.70. The minimum atomic E-state index is -3.94. The summed E-state index contributed by atoms with van der Waals surface area (Å²) in [6, 6.07) is 10.8. The Morgan fingerprint density at radius 2 is 1.61 bits per heavy atom. The van der Waals surface area contributed by atoms with E-state index < -0.39 is 20.0 Å². The minimum Gasteiger partial charge on any atom is -0.495 e. The van der Waals surface area contributed by atoms with Crippen LogP contribution in [0.2, 0.25) is 0 Å². The van der Waals surface area contributed by atoms with Gasteiger partial charge in [-0.1, -0.05) is 24.6 Å². The summed E-state index contributed by atoms with van der Waals surface area (Å²) in [6.07, 6.45) is 2.68. The third-order valence-electron chi connectivity index (χ3n) is 4.73. The third-order valence-corrected chi connectivity index (χ3v) is 8.19. The molecule has 0 atom stereocenters. The topological polar surface area (TPSA) is 92.8 Å². The highest BCUT2D eigenvalue weighted by Gasteiger charge is 2.28. The number of aryl methyl sites for hydroxylation is 1. The minimum absolute atomic E-state index is 0.0153. The first-order valence-electron chi connectivity index (χ1n) is 9.02. The first-order valence-corrected chi connectivity index (χ1v) is 11.9. The molecule has 28 heavy (non-hydrogen) atoms. The zero-order valence-electron chi connectivity index (χ0n) is 15.9. The van der Waals surface area contributed by atoms with Crippen LogP contribution in [0.5, 0.6) is 5.75 Å². The van der Waals surface area contributed by atoms with Crippen LogP contribution in [0.25, 0.3) is 0 Å². The van der Waals surface area contributed by atoms with Crippen LogP contribution in [0.3, 0.4) is 0 Å². The molecule has 0 unspecified atom stereocenters. The summed E-state index contributed by atoms with van der Waals surface area (Å²) in [4.78, 5) is 0.105. The van der Waals surface area contributed by atoms with E-state index >= 15 is 0 Å². The largest absolute Gasteiger partial charge is 0.495 e. The van der Waals surface area contributed by atoms with Crippen LogP contribution in [-0.2, 0) is 20.0 Å². The normalized spacial score (nSPS) is 15.9. The van der Waals surface area contributed by atoms with Crippen molar-refractivity contribution in [1.82, 2.24) is 4.31 Å². The van der Waals surface area contributed by atoms with Gasteiger partial charge in [-0.2, -0.15) is 4.31 Å². The lowest BCUT2D eigenvalue weighted by atomic mass is 10.2. The molecule has 1 aliphatic rings. The molecule has 0 aliphatic carbocycles. The molecule has 1 saturated heterocycles. The standard InChI is InChI=1S/C19H24N2O5S2/c1-15-10-11-16(14-19(15)28(24,25)21-12-6-3-7-13-21)20-27(22,23)18-9-5-4-8-17(18)26-2/h4-5,8-11,14,20H,3,6-7,12-13H2,1-2H3. The molecule has 0 radical (unpaired) electrons. The van der Waals surface area contributed by atoms with Gasteiger partial charge in [0, 0.05) is 13.1 Å². The van der Waals surface area contributed by atoms with E-state index in [9.17, 15) is 16.8 Å². The molecule has 1 N–H and O–H groups in total. The molecule has 0 spiro atoms. The van der Waals surface area contributed by atoms with Gasteiger partial charge < -0.3 is 4.74 Å². The van der Waals surface area contributed by atoms with E-state index in [2.05, 4.69) is 4.72 Å². The number of anilines is 1. The fourth-order valence-electron chi connectivity index (χ4n) is 3.24. The van der Waals surface area contributed by atoms with Crippen LogP contribution in [0.1, 0.15) is 24.8 Å².